The standard InChI is InChI=1S/C36H65NO4/c1-9-13-17-18-19-23-33(27(5)20-14-10-2)36(28(6)21-15-11-3,29(7)22-16-12-4)35(40)41-26-31-24-37-30(8)34(39)32(31)25-38/h24,27-29,33,38-39H,9-23,25-26H2,1-8H3. The van der Waals surface area contributed by atoms with E-state index in [-0.39, 0.29) is 42.7 Å². The second-order valence-corrected chi connectivity index (χ2v) is 12.9. The van der Waals surface area contributed by atoms with Crippen molar-refractivity contribution in [3.8, 4) is 5.75 Å². The Kier molecular flexibility index (Phi) is 18.5. The first kappa shape index (κ1) is 37.4. The van der Waals surface area contributed by atoms with Crippen molar-refractivity contribution in [2.24, 2.45) is 29.1 Å². The number of aliphatic hydroxyl groups excluding tert-OH is 1. The van der Waals surface area contributed by atoms with Crippen LogP contribution in [0.4, 0.5) is 0 Å². The van der Waals surface area contributed by atoms with Crippen molar-refractivity contribution >= 4 is 5.97 Å². The number of carbonyl (C=O) groups is 1. The van der Waals surface area contributed by atoms with Crippen LogP contribution in [0.5, 0.6) is 5.75 Å². The van der Waals surface area contributed by atoms with Crippen molar-refractivity contribution in [3.63, 3.8) is 0 Å². The first-order valence-electron chi connectivity index (χ1n) is 17.1. The summed E-state index contributed by atoms with van der Waals surface area (Å²) < 4.78 is 6.31. The number of aromatic nitrogens is 1. The number of aliphatic hydroxyl groups is 1. The van der Waals surface area contributed by atoms with Crippen LogP contribution in [0.1, 0.15) is 162 Å². The minimum atomic E-state index is -0.582. The predicted molar refractivity (Wildman–Crippen MR) is 172 cm³/mol. The van der Waals surface area contributed by atoms with Gasteiger partial charge >= 0.3 is 5.97 Å². The van der Waals surface area contributed by atoms with E-state index in [9.17, 15) is 15.0 Å². The van der Waals surface area contributed by atoms with Crippen LogP contribution >= 0.6 is 0 Å². The molecule has 0 saturated carbocycles. The van der Waals surface area contributed by atoms with Gasteiger partial charge in [-0.3, -0.25) is 9.78 Å². The van der Waals surface area contributed by atoms with E-state index < -0.39 is 5.41 Å². The summed E-state index contributed by atoms with van der Waals surface area (Å²) in [5, 5.41) is 20.5. The summed E-state index contributed by atoms with van der Waals surface area (Å²) in [4.78, 5) is 19.1. The summed E-state index contributed by atoms with van der Waals surface area (Å²) in [5.41, 5.74) is 0.864. The molecule has 5 heteroatoms. The van der Waals surface area contributed by atoms with E-state index in [0.29, 0.717) is 22.7 Å². The average molecular weight is 576 g/mol. The summed E-state index contributed by atoms with van der Waals surface area (Å²) >= 11 is 0. The van der Waals surface area contributed by atoms with Crippen molar-refractivity contribution in [2.45, 2.75) is 165 Å². The van der Waals surface area contributed by atoms with Gasteiger partial charge in [-0.15, -0.1) is 0 Å². The van der Waals surface area contributed by atoms with E-state index >= 15 is 0 Å². The molecule has 5 nitrogen and oxygen atoms in total. The molecule has 1 heterocycles. The fourth-order valence-electron chi connectivity index (χ4n) is 7.21. The molecule has 1 rings (SSSR count). The van der Waals surface area contributed by atoms with Crippen LogP contribution in [-0.4, -0.2) is 21.2 Å². The summed E-state index contributed by atoms with van der Waals surface area (Å²) in [6, 6.07) is 0. The molecule has 0 aliphatic carbocycles. The average Bonchev–Trinajstić information content (AvgIpc) is 2.97. The number of aromatic hydroxyl groups is 1. The molecule has 0 radical (unpaired) electrons. The van der Waals surface area contributed by atoms with E-state index in [1.807, 2.05) is 0 Å². The molecule has 0 spiro atoms. The number of carbonyl (C=O) groups excluding carboxylic acids is 1. The molecular weight excluding hydrogens is 510 g/mol. The number of ether oxygens (including phenoxy) is 1. The van der Waals surface area contributed by atoms with Gasteiger partial charge in [-0.05, 0) is 49.9 Å². The number of pyridine rings is 1. The molecule has 0 amide bonds. The molecule has 0 aromatic carbocycles. The Balaban J connectivity index is 3.63. The van der Waals surface area contributed by atoms with Gasteiger partial charge < -0.3 is 14.9 Å². The highest BCUT2D eigenvalue weighted by molar-refractivity contribution is 5.78. The maximum atomic E-state index is 14.8. The van der Waals surface area contributed by atoms with Crippen molar-refractivity contribution in [2.75, 3.05) is 0 Å². The van der Waals surface area contributed by atoms with Crippen molar-refractivity contribution < 1.29 is 19.7 Å². The van der Waals surface area contributed by atoms with Crippen molar-refractivity contribution in [1.29, 1.82) is 0 Å². The second kappa shape index (κ2) is 20.3. The van der Waals surface area contributed by atoms with Crippen LogP contribution in [0.15, 0.2) is 6.20 Å². The monoisotopic (exact) mass is 575 g/mol. The Morgan fingerprint density at radius 1 is 0.829 bits per heavy atom. The summed E-state index contributed by atoms with van der Waals surface area (Å²) in [7, 11) is 0. The largest absolute Gasteiger partial charge is 0.506 e. The number of nitrogens with zero attached hydrogens (tertiary/aromatic N) is 1. The number of aryl methyl sites for hydroxylation is 1. The van der Waals surface area contributed by atoms with E-state index in [1.54, 1.807) is 13.1 Å². The topological polar surface area (TPSA) is 79.7 Å². The minimum Gasteiger partial charge on any atom is -0.506 e. The highest BCUT2D eigenvalue weighted by Crippen LogP contribution is 2.53. The molecular formula is C36H65NO4. The highest BCUT2D eigenvalue weighted by atomic mass is 16.5. The van der Waals surface area contributed by atoms with E-state index in [2.05, 4.69) is 53.5 Å². The Morgan fingerprint density at radius 2 is 1.37 bits per heavy atom. The van der Waals surface area contributed by atoms with Crippen LogP contribution < -0.4 is 0 Å². The molecule has 1 aromatic heterocycles. The number of esters is 1. The Labute approximate surface area is 253 Å². The van der Waals surface area contributed by atoms with Gasteiger partial charge in [0, 0.05) is 17.3 Å². The summed E-state index contributed by atoms with van der Waals surface area (Å²) in [6.07, 6.45) is 18.8. The van der Waals surface area contributed by atoms with Crippen LogP contribution in [0.3, 0.4) is 0 Å². The van der Waals surface area contributed by atoms with Crippen LogP contribution in [-0.2, 0) is 22.7 Å². The zero-order valence-corrected chi connectivity index (χ0v) is 28.1. The quantitative estimate of drug-likeness (QED) is 0.100. The van der Waals surface area contributed by atoms with Gasteiger partial charge in [-0.1, -0.05) is 126 Å². The highest BCUT2D eigenvalue weighted by Gasteiger charge is 2.54. The molecule has 41 heavy (non-hydrogen) atoms. The van der Waals surface area contributed by atoms with Crippen molar-refractivity contribution in [1.82, 2.24) is 4.98 Å². The predicted octanol–water partition coefficient (Wildman–Crippen LogP) is 10.1. The molecule has 0 saturated heterocycles. The molecule has 4 atom stereocenters. The first-order valence-corrected chi connectivity index (χ1v) is 17.1. The third-order valence-corrected chi connectivity index (χ3v) is 9.85. The molecule has 0 bridgehead atoms. The Bertz CT molecular complexity index is 840. The molecule has 238 valence electrons. The number of hydrogen-bond donors (Lipinski definition) is 2. The second-order valence-electron chi connectivity index (χ2n) is 12.9. The number of hydrogen-bond acceptors (Lipinski definition) is 5. The Hall–Kier alpha value is -1.62. The van der Waals surface area contributed by atoms with Gasteiger partial charge in [0.05, 0.1) is 17.7 Å². The zero-order chi connectivity index (χ0) is 30.8. The van der Waals surface area contributed by atoms with Gasteiger partial charge in [0.15, 0.2) is 0 Å². The van der Waals surface area contributed by atoms with Gasteiger partial charge in [0.2, 0.25) is 0 Å². The fourth-order valence-corrected chi connectivity index (χ4v) is 7.21. The van der Waals surface area contributed by atoms with Crippen LogP contribution in [0.25, 0.3) is 0 Å². The van der Waals surface area contributed by atoms with Crippen molar-refractivity contribution in [3.05, 3.63) is 23.0 Å². The fraction of sp³-hybridized carbons (Fsp3) is 0.833. The van der Waals surface area contributed by atoms with Gasteiger partial charge in [-0.2, -0.15) is 0 Å². The maximum absolute atomic E-state index is 14.8. The third kappa shape index (κ3) is 10.6. The number of rotatable bonds is 23. The minimum absolute atomic E-state index is 0.0157. The zero-order valence-electron chi connectivity index (χ0n) is 28.1. The third-order valence-electron chi connectivity index (χ3n) is 9.85. The van der Waals surface area contributed by atoms with Gasteiger partial charge in [0.25, 0.3) is 0 Å². The van der Waals surface area contributed by atoms with E-state index in [4.69, 9.17) is 4.74 Å². The van der Waals surface area contributed by atoms with E-state index in [0.717, 1.165) is 64.2 Å². The summed E-state index contributed by atoms with van der Waals surface area (Å²) in [6.45, 7) is 17.4. The molecule has 0 aliphatic heterocycles. The van der Waals surface area contributed by atoms with Gasteiger partial charge in [0.1, 0.15) is 12.4 Å². The SMILES string of the molecule is CCCCCCCC(C(C)CCCC)C(C(=O)OCc1cnc(C)c(O)c1CO)(C(C)CCCC)C(C)CCCC. The lowest BCUT2D eigenvalue weighted by Crippen LogP contribution is -2.52. The lowest BCUT2D eigenvalue weighted by atomic mass is 9.54. The van der Waals surface area contributed by atoms with E-state index in [1.165, 1.54) is 32.1 Å². The molecule has 4 unspecified atom stereocenters. The Morgan fingerprint density at radius 3 is 1.90 bits per heavy atom. The lowest BCUT2D eigenvalue weighted by molar-refractivity contribution is -0.176. The molecule has 0 fully saturated rings. The first-order chi connectivity index (χ1) is 19.7. The molecule has 0 aliphatic rings. The normalized spacial score (nSPS) is 16.1. The van der Waals surface area contributed by atoms with Crippen LogP contribution in [0.2, 0.25) is 0 Å². The van der Waals surface area contributed by atoms with Gasteiger partial charge in [-0.25, -0.2) is 0 Å². The maximum Gasteiger partial charge on any atom is 0.313 e. The smallest absolute Gasteiger partial charge is 0.313 e. The lowest BCUT2D eigenvalue weighted by Gasteiger charge is -2.50. The number of unbranched alkanes of at least 4 members (excludes halogenated alkanes) is 7. The molecule has 2 N–H and O–H groups in total. The summed E-state index contributed by atoms with van der Waals surface area (Å²) in [5.74, 6) is 0.985. The molecule has 1 aromatic rings. The van der Waals surface area contributed by atoms with Crippen LogP contribution in [0, 0.1) is 36.0 Å².